The summed E-state index contributed by atoms with van der Waals surface area (Å²) in [6, 6.07) is 8.52. The second-order valence-electron chi connectivity index (χ2n) is 3.45. The Kier molecular flexibility index (Phi) is 2.03. The molecule has 0 bridgehead atoms. The summed E-state index contributed by atoms with van der Waals surface area (Å²) in [5.74, 6) is 0. The zero-order valence-electron chi connectivity index (χ0n) is 7.67. The SMILES string of the molecule is CC1NCCc2ccc(C#N)cc21. The van der Waals surface area contributed by atoms with E-state index in [1.54, 1.807) is 0 Å². The number of hydrogen-bond donors (Lipinski definition) is 1. The molecule has 1 aromatic rings. The largest absolute Gasteiger partial charge is 0.310 e. The molecule has 2 rings (SSSR count). The first-order valence-electron chi connectivity index (χ1n) is 4.57. The molecule has 1 N–H and O–H groups in total. The van der Waals surface area contributed by atoms with Gasteiger partial charge in [-0.25, -0.2) is 0 Å². The lowest BCUT2D eigenvalue weighted by molar-refractivity contribution is 0.541. The molecule has 0 aromatic heterocycles. The molecule has 2 heteroatoms. The lowest BCUT2D eigenvalue weighted by Crippen LogP contribution is -2.27. The molecule has 0 radical (unpaired) electrons. The molecule has 1 atom stereocenters. The second kappa shape index (κ2) is 3.20. The predicted octanol–water partition coefficient (Wildman–Crippen LogP) is 1.76. The highest BCUT2D eigenvalue weighted by atomic mass is 14.9. The van der Waals surface area contributed by atoms with Gasteiger partial charge < -0.3 is 5.32 Å². The Morgan fingerprint density at radius 2 is 2.38 bits per heavy atom. The fourth-order valence-electron chi connectivity index (χ4n) is 1.83. The quantitative estimate of drug-likeness (QED) is 0.647. The van der Waals surface area contributed by atoms with Gasteiger partial charge in [-0.05, 0) is 43.1 Å². The summed E-state index contributed by atoms with van der Waals surface area (Å²) in [4.78, 5) is 0. The van der Waals surface area contributed by atoms with Crippen LogP contribution in [0, 0.1) is 11.3 Å². The topological polar surface area (TPSA) is 35.8 Å². The smallest absolute Gasteiger partial charge is 0.0991 e. The van der Waals surface area contributed by atoms with Crippen molar-refractivity contribution < 1.29 is 0 Å². The first kappa shape index (κ1) is 8.28. The molecule has 0 aliphatic carbocycles. The molecule has 0 saturated heterocycles. The summed E-state index contributed by atoms with van der Waals surface area (Å²) in [6.45, 7) is 3.18. The van der Waals surface area contributed by atoms with Crippen molar-refractivity contribution in [3.63, 3.8) is 0 Å². The van der Waals surface area contributed by atoms with Gasteiger partial charge in [0.1, 0.15) is 0 Å². The van der Waals surface area contributed by atoms with Crippen LogP contribution in [0.15, 0.2) is 18.2 Å². The Hall–Kier alpha value is -1.33. The van der Waals surface area contributed by atoms with E-state index in [-0.39, 0.29) is 0 Å². The normalized spacial score (nSPS) is 20.5. The van der Waals surface area contributed by atoms with Crippen LogP contribution in [0.4, 0.5) is 0 Å². The Morgan fingerprint density at radius 1 is 1.54 bits per heavy atom. The van der Waals surface area contributed by atoms with Crippen LogP contribution in [0.1, 0.15) is 29.7 Å². The van der Waals surface area contributed by atoms with E-state index in [0.29, 0.717) is 6.04 Å². The fourth-order valence-corrected chi connectivity index (χ4v) is 1.83. The summed E-state index contributed by atoms with van der Waals surface area (Å²) in [5, 5.41) is 12.1. The van der Waals surface area contributed by atoms with Gasteiger partial charge in [0.2, 0.25) is 0 Å². The van der Waals surface area contributed by atoms with Gasteiger partial charge in [0.15, 0.2) is 0 Å². The minimum Gasteiger partial charge on any atom is -0.310 e. The summed E-state index contributed by atoms with van der Waals surface area (Å²) in [6.07, 6.45) is 1.07. The number of hydrogen-bond acceptors (Lipinski definition) is 2. The van der Waals surface area contributed by atoms with E-state index in [0.717, 1.165) is 18.5 Å². The highest BCUT2D eigenvalue weighted by Gasteiger charge is 2.15. The maximum absolute atomic E-state index is 8.76. The molecule has 1 heterocycles. The molecule has 13 heavy (non-hydrogen) atoms. The van der Waals surface area contributed by atoms with Gasteiger partial charge in [-0.15, -0.1) is 0 Å². The highest BCUT2D eigenvalue weighted by Crippen LogP contribution is 2.23. The molecule has 0 fully saturated rings. The molecule has 0 spiro atoms. The summed E-state index contributed by atoms with van der Waals surface area (Å²) in [5.41, 5.74) is 3.42. The molecule has 0 saturated carbocycles. The Balaban J connectivity index is 2.48. The van der Waals surface area contributed by atoms with Crippen LogP contribution in [0.5, 0.6) is 0 Å². The van der Waals surface area contributed by atoms with Crippen LogP contribution in [-0.2, 0) is 6.42 Å². The number of benzene rings is 1. The predicted molar refractivity (Wildman–Crippen MR) is 51.3 cm³/mol. The third kappa shape index (κ3) is 1.43. The number of nitrogens with zero attached hydrogens (tertiary/aromatic N) is 1. The van der Waals surface area contributed by atoms with E-state index in [4.69, 9.17) is 5.26 Å². The zero-order chi connectivity index (χ0) is 9.26. The molecule has 1 unspecified atom stereocenters. The summed E-state index contributed by atoms with van der Waals surface area (Å²) in [7, 11) is 0. The van der Waals surface area contributed by atoms with Crippen molar-refractivity contribution in [1.29, 1.82) is 5.26 Å². The van der Waals surface area contributed by atoms with E-state index in [1.807, 2.05) is 12.1 Å². The first-order valence-corrected chi connectivity index (χ1v) is 4.57. The Bertz CT molecular complexity index is 363. The number of nitriles is 1. The van der Waals surface area contributed by atoms with Gasteiger partial charge in [0, 0.05) is 6.04 Å². The van der Waals surface area contributed by atoms with Crippen molar-refractivity contribution in [3.8, 4) is 6.07 Å². The lowest BCUT2D eigenvalue weighted by atomic mass is 9.94. The molecule has 66 valence electrons. The van der Waals surface area contributed by atoms with Crippen molar-refractivity contribution >= 4 is 0 Å². The van der Waals surface area contributed by atoms with Crippen LogP contribution in [-0.4, -0.2) is 6.54 Å². The van der Waals surface area contributed by atoms with Crippen molar-refractivity contribution in [1.82, 2.24) is 5.32 Å². The molecular formula is C11H12N2. The van der Waals surface area contributed by atoms with Gasteiger partial charge in [0.25, 0.3) is 0 Å². The van der Waals surface area contributed by atoms with Crippen molar-refractivity contribution in [2.75, 3.05) is 6.54 Å². The average Bonchev–Trinajstić information content (AvgIpc) is 2.18. The van der Waals surface area contributed by atoms with Gasteiger partial charge >= 0.3 is 0 Å². The molecule has 1 aliphatic rings. The average molecular weight is 172 g/mol. The lowest BCUT2D eigenvalue weighted by Gasteiger charge is -2.23. The zero-order valence-corrected chi connectivity index (χ0v) is 7.67. The third-order valence-electron chi connectivity index (χ3n) is 2.59. The fraction of sp³-hybridized carbons (Fsp3) is 0.364. The molecule has 1 aromatic carbocycles. The first-order chi connectivity index (χ1) is 6.31. The second-order valence-corrected chi connectivity index (χ2v) is 3.45. The van der Waals surface area contributed by atoms with Gasteiger partial charge in [0.05, 0.1) is 11.6 Å². The monoisotopic (exact) mass is 172 g/mol. The van der Waals surface area contributed by atoms with Crippen LogP contribution in [0.2, 0.25) is 0 Å². The number of fused-ring (bicyclic) bond motifs is 1. The minimum absolute atomic E-state index is 0.386. The van der Waals surface area contributed by atoms with Crippen molar-refractivity contribution in [2.24, 2.45) is 0 Å². The molecule has 0 amide bonds. The molecule has 1 aliphatic heterocycles. The van der Waals surface area contributed by atoms with Crippen LogP contribution in [0.25, 0.3) is 0 Å². The van der Waals surface area contributed by atoms with Crippen LogP contribution >= 0.6 is 0 Å². The Labute approximate surface area is 78.2 Å². The number of nitrogens with one attached hydrogen (secondary N) is 1. The van der Waals surface area contributed by atoms with Crippen molar-refractivity contribution in [3.05, 3.63) is 34.9 Å². The van der Waals surface area contributed by atoms with Crippen molar-refractivity contribution in [2.45, 2.75) is 19.4 Å². The van der Waals surface area contributed by atoms with Gasteiger partial charge in [-0.3, -0.25) is 0 Å². The van der Waals surface area contributed by atoms with E-state index in [1.165, 1.54) is 11.1 Å². The van der Waals surface area contributed by atoms with Gasteiger partial charge in [-0.2, -0.15) is 5.26 Å². The van der Waals surface area contributed by atoms with Gasteiger partial charge in [-0.1, -0.05) is 6.07 Å². The number of rotatable bonds is 0. The molecule has 2 nitrogen and oxygen atoms in total. The van der Waals surface area contributed by atoms with E-state index in [9.17, 15) is 0 Å². The highest BCUT2D eigenvalue weighted by molar-refractivity contribution is 5.40. The summed E-state index contributed by atoms with van der Waals surface area (Å²) >= 11 is 0. The minimum atomic E-state index is 0.386. The van der Waals surface area contributed by atoms with E-state index < -0.39 is 0 Å². The van der Waals surface area contributed by atoms with E-state index in [2.05, 4.69) is 24.4 Å². The maximum atomic E-state index is 8.76. The molecular weight excluding hydrogens is 160 g/mol. The maximum Gasteiger partial charge on any atom is 0.0991 e. The van der Waals surface area contributed by atoms with Crippen LogP contribution in [0.3, 0.4) is 0 Å². The van der Waals surface area contributed by atoms with Crippen LogP contribution < -0.4 is 5.32 Å². The van der Waals surface area contributed by atoms with E-state index >= 15 is 0 Å². The Morgan fingerprint density at radius 3 is 3.15 bits per heavy atom. The third-order valence-corrected chi connectivity index (χ3v) is 2.59. The summed E-state index contributed by atoms with van der Waals surface area (Å²) < 4.78 is 0. The standard InChI is InChI=1S/C11H12N2/c1-8-11-6-9(7-12)2-3-10(11)4-5-13-8/h2-3,6,8,13H,4-5H2,1H3.